The minimum absolute atomic E-state index is 0.0676. The van der Waals surface area contributed by atoms with Crippen LogP contribution in [0.1, 0.15) is 22.7 Å². The second-order valence-electron chi connectivity index (χ2n) is 8.07. The molecule has 0 aliphatic carbocycles. The predicted molar refractivity (Wildman–Crippen MR) is 147 cm³/mol. The van der Waals surface area contributed by atoms with Crippen molar-refractivity contribution < 1.29 is 9.53 Å². The maximum absolute atomic E-state index is 13.8. The van der Waals surface area contributed by atoms with E-state index in [-0.39, 0.29) is 5.91 Å². The highest BCUT2D eigenvalue weighted by Crippen LogP contribution is 2.35. The molecule has 35 heavy (non-hydrogen) atoms. The number of aryl methyl sites for hydroxylation is 1. The van der Waals surface area contributed by atoms with Gasteiger partial charge in [-0.05, 0) is 67.3 Å². The number of benzene rings is 3. The number of hydrogen-bond acceptors (Lipinski definition) is 5. The van der Waals surface area contributed by atoms with E-state index in [4.69, 9.17) is 4.74 Å². The quantitative estimate of drug-likeness (QED) is 0.240. The zero-order chi connectivity index (χ0) is 24.6. The number of aromatic nitrogens is 1. The number of anilines is 1. The summed E-state index contributed by atoms with van der Waals surface area (Å²) in [6, 6.07) is 29.6. The standard InChI is InChI=1S/C29H28N2O2S2/c1-20-17-26(34-2)27(29(30-20)35-3)31-28(32)25(18-21-11-6-4-7-12-21)22-13-10-16-24(19-22)33-23-14-8-5-9-15-23/h4-17,19,25H,18H2,1-3H3,(H,31,32). The van der Waals surface area contributed by atoms with Crippen molar-refractivity contribution in [3.05, 3.63) is 108 Å². The summed E-state index contributed by atoms with van der Waals surface area (Å²) < 4.78 is 6.06. The molecule has 0 aliphatic rings. The Kier molecular flexibility index (Phi) is 8.50. The van der Waals surface area contributed by atoms with Crippen molar-refractivity contribution in [2.24, 2.45) is 0 Å². The molecule has 4 aromatic rings. The average molecular weight is 501 g/mol. The van der Waals surface area contributed by atoms with Gasteiger partial charge in [-0.25, -0.2) is 4.98 Å². The summed E-state index contributed by atoms with van der Waals surface area (Å²) in [6.07, 6.45) is 4.57. The fourth-order valence-corrected chi connectivity index (χ4v) is 5.19. The number of carbonyl (C=O) groups is 1. The molecule has 0 radical (unpaired) electrons. The Labute approximate surface area is 215 Å². The van der Waals surface area contributed by atoms with Crippen LogP contribution in [0, 0.1) is 6.92 Å². The van der Waals surface area contributed by atoms with Crippen LogP contribution in [0.2, 0.25) is 0 Å². The van der Waals surface area contributed by atoms with Crippen LogP contribution in [0.15, 0.2) is 101 Å². The van der Waals surface area contributed by atoms with Crippen LogP contribution in [0.5, 0.6) is 11.5 Å². The third kappa shape index (κ3) is 6.47. The highest BCUT2D eigenvalue weighted by Gasteiger charge is 2.24. The molecule has 0 fully saturated rings. The topological polar surface area (TPSA) is 51.2 Å². The Morgan fingerprint density at radius 2 is 1.57 bits per heavy atom. The van der Waals surface area contributed by atoms with Gasteiger partial charge in [-0.15, -0.1) is 23.5 Å². The first-order valence-electron chi connectivity index (χ1n) is 11.3. The minimum atomic E-state index is -0.401. The van der Waals surface area contributed by atoms with Crippen LogP contribution in [0.3, 0.4) is 0 Å². The van der Waals surface area contributed by atoms with E-state index >= 15 is 0 Å². The Morgan fingerprint density at radius 1 is 0.886 bits per heavy atom. The lowest BCUT2D eigenvalue weighted by Crippen LogP contribution is -2.24. The SMILES string of the molecule is CSc1cc(C)nc(SC)c1NC(=O)C(Cc1ccccc1)c1cccc(Oc2ccccc2)c1. The van der Waals surface area contributed by atoms with Gasteiger partial charge in [0.25, 0.3) is 0 Å². The molecule has 0 spiro atoms. The Hall–Kier alpha value is -3.22. The summed E-state index contributed by atoms with van der Waals surface area (Å²) in [4.78, 5) is 19.5. The normalized spacial score (nSPS) is 11.6. The second kappa shape index (κ2) is 12.0. The summed E-state index contributed by atoms with van der Waals surface area (Å²) in [6.45, 7) is 1.97. The number of amides is 1. The van der Waals surface area contributed by atoms with E-state index in [0.717, 1.165) is 38.2 Å². The third-order valence-corrected chi connectivity index (χ3v) is 7.02. The van der Waals surface area contributed by atoms with Crippen LogP contribution in [0.25, 0.3) is 0 Å². The molecular formula is C29H28N2O2S2. The molecule has 4 nitrogen and oxygen atoms in total. The number of nitrogens with one attached hydrogen (secondary N) is 1. The lowest BCUT2D eigenvalue weighted by Gasteiger charge is -2.21. The zero-order valence-corrected chi connectivity index (χ0v) is 21.7. The molecule has 0 saturated carbocycles. The van der Waals surface area contributed by atoms with E-state index in [9.17, 15) is 4.79 Å². The van der Waals surface area contributed by atoms with Gasteiger partial charge in [-0.3, -0.25) is 4.79 Å². The second-order valence-corrected chi connectivity index (χ2v) is 9.71. The molecule has 0 saturated heterocycles. The average Bonchev–Trinajstić information content (AvgIpc) is 2.89. The van der Waals surface area contributed by atoms with E-state index in [0.29, 0.717) is 12.2 Å². The van der Waals surface area contributed by atoms with E-state index in [2.05, 4.69) is 22.4 Å². The fraction of sp³-hybridized carbons (Fsp3) is 0.172. The van der Waals surface area contributed by atoms with Crippen LogP contribution >= 0.6 is 23.5 Å². The van der Waals surface area contributed by atoms with Gasteiger partial charge in [-0.1, -0.05) is 60.7 Å². The minimum Gasteiger partial charge on any atom is -0.457 e. The molecule has 6 heteroatoms. The summed E-state index contributed by atoms with van der Waals surface area (Å²) in [5.74, 6) is 0.990. The molecular weight excluding hydrogens is 472 g/mol. The van der Waals surface area contributed by atoms with Crippen molar-refractivity contribution >= 4 is 35.1 Å². The fourth-order valence-electron chi connectivity index (χ4n) is 3.88. The number of ether oxygens (including phenoxy) is 1. The maximum Gasteiger partial charge on any atom is 0.232 e. The van der Waals surface area contributed by atoms with E-state index in [1.54, 1.807) is 11.8 Å². The summed E-state index contributed by atoms with van der Waals surface area (Å²) >= 11 is 3.15. The van der Waals surface area contributed by atoms with Crippen molar-refractivity contribution in [3.63, 3.8) is 0 Å². The molecule has 178 valence electrons. The molecule has 1 aromatic heterocycles. The molecule has 1 N–H and O–H groups in total. The number of hydrogen-bond donors (Lipinski definition) is 1. The number of nitrogens with zero attached hydrogens (tertiary/aromatic N) is 1. The van der Waals surface area contributed by atoms with Crippen LogP contribution in [-0.4, -0.2) is 23.4 Å². The Bertz CT molecular complexity index is 1260. The first-order chi connectivity index (χ1) is 17.1. The monoisotopic (exact) mass is 500 g/mol. The summed E-state index contributed by atoms with van der Waals surface area (Å²) in [5, 5.41) is 4.03. The van der Waals surface area contributed by atoms with Crippen molar-refractivity contribution in [2.75, 3.05) is 17.8 Å². The van der Waals surface area contributed by atoms with E-state index in [1.165, 1.54) is 11.8 Å². The molecule has 1 unspecified atom stereocenters. The third-order valence-electron chi connectivity index (χ3n) is 5.58. The van der Waals surface area contributed by atoms with Crippen molar-refractivity contribution in [3.8, 4) is 11.5 Å². The maximum atomic E-state index is 13.8. The first kappa shape index (κ1) is 24.9. The predicted octanol–water partition coefficient (Wildman–Crippen LogP) is 7.59. The highest BCUT2D eigenvalue weighted by atomic mass is 32.2. The molecule has 3 aromatic carbocycles. The molecule has 4 rings (SSSR count). The van der Waals surface area contributed by atoms with Gasteiger partial charge in [0.1, 0.15) is 16.5 Å². The molecule has 1 heterocycles. The lowest BCUT2D eigenvalue weighted by atomic mass is 9.91. The zero-order valence-electron chi connectivity index (χ0n) is 20.0. The summed E-state index contributed by atoms with van der Waals surface area (Å²) in [5.41, 5.74) is 3.70. The number of carbonyl (C=O) groups excluding carboxylic acids is 1. The number of rotatable bonds is 9. The van der Waals surface area contributed by atoms with Crippen LogP contribution in [0.4, 0.5) is 5.69 Å². The molecule has 0 aliphatic heterocycles. The molecule has 1 atom stereocenters. The van der Waals surface area contributed by atoms with E-state index < -0.39 is 5.92 Å². The van der Waals surface area contributed by atoms with Gasteiger partial charge >= 0.3 is 0 Å². The van der Waals surface area contributed by atoms with Gasteiger partial charge in [0, 0.05) is 10.6 Å². The van der Waals surface area contributed by atoms with Gasteiger partial charge in [-0.2, -0.15) is 0 Å². The first-order valence-corrected chi connectivity index (χ1v) is 13.8. The number of thioether (sulfide) groups is 2. The smallest absolute Gasteiger partial charge is 0.232 e. The Morgan fingerprint density at radius 3 is 2.26 bits per heavy atom. The number of para-hydroxylation sites is 1. The van der Waals surface area contributed by atoms with Crippen molar-refractivity contribution in [1.29, 1.82) is 0 Å². The highest BCUT2D eigenvalue weighted by molar-refractivity contribution is 7.99. The van der Waals surface area contributed by atoms with Crippen molar-refractivity contribution in [1.82, 2.24) is 4.98 Å². The van der Waals surface area contributed by atoms with Gasteiger partial charge < -0.3 is 10.1 Å². The van der Waals surface area contributed by atoms with Crippen LogP contribution in [-0.2, 0) is 11.2 Å². The Balaban J connectivity index is 1.68. The summed E-state index contributed by atoms with van der Waals surface area (Å²) in [7, 11) is 0. The van der Waals surface area contributed by atoms with E-state index in [1.807, 2.05) is 98.3 Å². The number of pyridine rings is 1. The largest absolute Gasteiger partial charge is 0.457 e. The van der Waals surface area contributed by atoms with Crippen molar-refractivity contribution in [2.45, 2.75) is 29.2 Å². The van der Waals surface area contributed by atoms with Gasteiger partial charge in [0.15, 0.2) is 0 Å². The lowest BCUT2D eigenvalue weighted by molar-refractivity contribution is -0.117. The van der Waals surface area contributed by atoms with Gasteiger partial charge in [0.05, 0.1) is 11.6 Å². The van der Waals surface area contributed by atoms with Gasteiger partial charge in [0.2, 0.25) is 5.91 Å². The van der Waals surface area contributed by atoms with Crippen LogP contribution < -0.4 is 10.1 Å². The molecule has 1 amide bonds. The molecule has 0 bridgehead atoms.